The van der Waals surface area contributed by atoms with Gasteiger partial charge in [-0.2, -0.15) is 0 Å². The number of rotatable bonds is 6. The van der Waals surface area contributed by atoms with E-state index in [2.05, 4.69) is 22.0 Å². The summed E-state index contributed by atoms with van der Waals surface area (Å²) in [6, 6.07) is 9.89. The summed E-state index contributed by atoms with van der Waals surface area (Å²) in [7, 11) is 1.73. The Kier molecular flexibility index (Phi) is 5.29. The second-order valence-electron chi connectivity index (χ2n) is 7.18. The minimum absolute atomic E-state index is 0.464. The zero-order valence-electron chi connectivity index (χ0n) is 16.0. The topological polar surface area (TPSA) is 73.3 Å². The van der Waals surface area contributed by atoms with Crippen LogP contribution in [0.4, 0.5) is 0 Å². The van der Waals surface area contributed by atoms with Crippen LogP contribution in [0.15, 0.2) is 47.2 Å². The third kappa shape index (κ3) is 4.16. The Morgan fingerprint density at radius 1 is 1.36 bits per heavy atom. The molecule has 1 aromatic carbocycles. The van der Waals surface area contributed by atoms with Crippen LogP contribution in [0.25, 0.3) is 11.3 Å². The third-order valence-corrected chi connectivity index (χ3v) is 4.89. The van der Waals surface area contributed by atoms with E-state index in [0.717, 1.165) is 29.8 Å². The molecule has 6 heteroatoms. The molecule has 6 nitrogen and oxygen atoms in total. The number of benzene rings is 1. The lowest BCUT2D eigenvalue weighted by atomic mass is 10.1. The Hall–Kier alpha value is -2.88. The third-order valence-electron chi connectivity index (χ3n) is 4.89. The number of aliphatic hydroxyl groups is 1. The van der Waals surface area contributed by atoms with E-state index in [1.807, 2.05) is 41.1 Å². The molecule has 3 aromatic rings. The molecule has 0 bridgehead atoms. The molecule has 3 atom stereocenters. The maximum atomic E-state index is 9.76. The molecular formula is C22H23N3O3. The Bertz CT molecular complexity index is 992. The number of methoxy groups -OCH3 is 1. The zero-order chi connectivity index (χ0) is 19.5. The molecule has 0 saturated heterocycles. The van der Waals surface area contributed by atoms with E-state index in [1.165, 1.54) is 0 Å². The molecule has 1 saturated carbocycles. The molecule has 0 aliphatic heterocycles. The number of aliphatic hydroxyl groups excluding tert-OH is 1. The van der Waals surface area contributed by atoms with Crippen LogP contribution in [0.1, 0.15) is 36.5 Å². The Morgan fingerprint density at radius 3 is 2.93 bits per heavy atom. The van der Waals surface area contributed by atoms with Crippen LogP contribution >= 0.6 is 0 Å². The summed E-state index contributed by atoms with van der Waals surface area (Å²) in [6.45, 7) is 2.99. The van der Waals surface area contributed by atoms with Crippen LogP contribution in [0.3, 0.4) is 0 Å². The highest BCUT2D eigenvalue weighted by Gasteiger charge is 2.35. The van der Waals surface area contributed by atoms with Crippen LogP contribution in [-0.4, -0.2) is 33.5 Å². The van der Waals surface area contributed by atoms with E-state index in [4.69, 9.17) is 9.26 Å². The summed E-state index contributed by atoms with van der Waals surface area (Å²) in [6.07, 6.45) is 3.99. The van der Waals surface area contributed by atoms with Gasteiger partial charge in [-0.3, -0.25) is 0 Å². The van der Waals surface area contributed by atoms with E-state index in [9.17, 15) is 5.11 Å². The molecular weight excluding hydrogens is 354 g/mol. The summed E-state index contributed by atoms with van der Waals surface area (Å²) in [5.74, 6) is 8.92. The van der Waals surface area contributed by atoms with Crippen molar-refractivity contribution in [3.05, 3.63) is 59.8 Å². The van der Waals surface area contributed by atoms with Gasteiger partial charge in [0.05, 0.1) is 13.2 Å². The van der Waals surface area contributed by atoms with Crippen molar-refractivity contribution in [2.75, 3.05) is 13.7 Å². The van der Waals surface area contributed by atoms with Crippen molar-refractivity contribution in [2.24, 2.45) is 11.8 Å². The van der Waals surface area contributed by atoms with Crippen molar-refractivity contribution in [1.29, 1.82) is 0 Å². The van der Waals surface area contributed by atoms with E-state index >= 15 is 0 Å². The molecule has 1 aliphatic carbocycles. The fraction of sp³-hybridized carbons (Fsp3) is 0.364. The quantitative estimate of drug-likeness (QED) is 0.668. The number of ether oxygens (including phenoxy) is 1. The highest BCUT2D eigenvalue weighted by molar-refractivity contribution is 5.59. The van der Waals surface area contributed by atoms with E-state index in [-0.39, 0.29) is 0 Å². The van der Waals surface area contributed by atoms with Gasteiger partial charge in [-0.15, -0.1) is 0 Å². The highest BCUT2D eigenvalue weighted by atomic mass is 16.5. The normalized spacial score (nSPS) is 19.1. The fourth-order valence-corrected chi connectivity index (χ4v) is 3.24. The first-order valence-corrected chi connectivity index (χ1v) is 9.39. The molecule has 4 rings (SSSR count). The average Bonchev–Trinajstić information content (AvgIpc) is 3.07. The first kappa shape index (κ1) is 18.5. The predicted octanol–water partition coefficient (Wildman–Crippen LogP) is 3.27. The second-order valence-corrected chi connectivity index (χ2v) is 7.18. The maximum absolute atomic E-state index is 9.76. The first-order valence-electron chi connectivity index (χ1n) is 9.39. The van der Waals surface area contributed by atoms with Gasteiger partial charge in [-0.05, 0) is 43.5 Å². The van der Waals surface area contributed by atoms with Crippen molar-refractivity contribution in [3.63, 3.8) is 0 Å². The summed E-state index contributed by atoms with van der Waals surface area (Å²) >= 11 is 0. The van der Waals surface area contributed by atoms with Crippen molar-refractivity contribution in [3.8, 4) is 23.2 Å². The van der Waals surface area contributed by atoms with Gasteiger partial charge in [0.25, 0.3) is 0 Å². The van der Waals surface area contributed by atoms with Crippen LogP contribution in [0.2, 0.25) is 0 Å². The number of hydrogen-bond acceptors (Lipinski definition) is 5. The predicted molar refractivity (Wildman–Crippen MR) is 104 cm³/mol. The van der Waals surface area contributed by atoms with Crippen LogP contribution < -0.4 is 0 Å². The molecule has 144 valence electrons. The molecule has 2 unspecified atom stereocenters. The van der Waals surface area contributed by atoms with Crippen LogP contribution in [0.5, 0.6) is 0 Å². The monoisotopic (exact) mass is 377 g/mol. The largest absolute Gasteiger partial charge is 0.385 e. The van der Waals surface area contributed by atoms with Gasteiger partial charge in [0.15, 0.2) is 5.76 Å². The molecule has 1 fully saturated rings. The van der Waals surface area contributed by atoms with Crippen molar-refractivity contribution >= 4 is 0 Å². The SMILES string of the molecule is COCC1CC1C#Cc1ccc(-c2cc(Cn3ccnc3[C@H](C)O)no2)cc1. The van der Waals surface area contributed by atoms with Crippen molar-refractivity contribution in [2.45, 2.75) is 26.0 Å². The summed E-state index contributed by atoms with van der Waals surface area (Å²) in [5.41, 5.74) is 2.72. The standard InChI is InChI=1S/C22H23N3O3/c1-15(26)22-23-9-10-25(22)13-20-12-21(28-24-20)17-6-3-16(4-7-17)5-8-18-11-19(18)14-27-2/h3-4,6-7,9-10,12,15,18-19,26H,11,13-14H2,1-2H3/t15-,18?,19?/m0/s1. The Balaban J connectivity index is 1.41. The molecule has 28 heavy (non-hydrogen) atoms. The van der Waals surface area contributed by atoms with Gasteiger partial charge in [0.2, 0.25) is 0 Å². The van der Waals surface area contributed by atoms with Gasteiger partial charge in [0, 0.05) is 42.6 Å². The van der Waals surface area contributed by atoms with Crippen molar-refractivity contribution < 1.29 is 14.4 Å². The summed E-state index contributed by atoms with van der Waals surface area (Å²) in [5, 5.41) is 13.9. The molecule has 0 amide bonds. The summed E-state index contributed by atoms with van der Waals surface area (Å²) < 4.78 is 12.5. The lowest BCUT2D eigenvalue weighted by Crippen LogP contribution is -2.07. The molecule has 2 heterocycles. The number of aromatic nitrogens is 3. The zero-order valence-corrected chi connectivity index (χ0v) is 16.0. The van der Waals surface area contributed by atoms with Gasteiger partial charge in [-0.25, -0.2) is 4.98 Å². The van der Waals surface area contributed by atoms with E-state index in [0.29, 0.717) is 30.0 Å². The minimum Gasteiger partial charge on any atom is -0.385 e. The smallest absolute Gasteiger partial charge is 0.167 e. The Morgan fingerprint density at radius 2 is 2.18 bits per heavy atom. The first-order chi connectivity index (χ1) is 13.6. The number of nitrogens with zero attached hydrogens (tertiary/aromatic N) is 3. The molecule has 2 aromatic heterocycles. The molecule has 0 radical (unpaired) electrons. The highest BCUT2D eigenvalue weighted by Crippen LogP contribution is 2.37. The molecule has 1 N–H and O–H groups in total. The summed E-state index contributed by atoms with van der Waals surface area (Å²) in [4.78, 5) is 4.17. The van der Waals surface area contributed by atoms with Gasteiger partial charge < -0.3 is 18.9 Å². The van der Waals surface area contributed by atoms with E-state index < -0.39 is 6.10 Å². The van der Waals surface area contributed by atoms with Gasteiger partial charge >= 0.3 is 0 Å². The number of hydrogen-bond donors (Lipinski definition) is 1. The van der Waals surface area contributed by atoms with Crippen LogP contribution in [-0.2, 0) is 11.3 Å². The number of imidazole rings is 1. The van der Waals surface area contributed by atoms with E-state index in [1.54, 1.807) is 20.2 Å². The molecule has 1 aliphatic rings. The minimum atomic E-state index is -0.629. The Labute approximate surface area is 164 Å². The maximum Gasteiger partial charge on any atom is 0.167 e. The lowest BCUT2D eigenvalue weighted by molar-refractivity contribution is 0.183. The molecule has 0 spiro atoms. The fourth-order valence-electron chi connectivity index (χ4n) is 3.24. The van der Waals surface area contributed by atoms with Crippen molar-refractivity contribution in [1.82, 2.24) is 14.7 Å². The second kappa shape index (κ2) is 8.01. The average molecular weight is 377 g/mol. The van der Waals surface area contributed by atoms with Crippen LogP contribution in [0, 0.1) is 23.7 Å². The lowest BCUT2D eigenvalue weighted by Gasteiger charge is -2.07. The van der Waals surface area contributed by atoms with Gasteiger partial charge in [-0.1, -0.05) is 17.0 Å². The van der Waals surface area contributed by atoms with Gasteiger partial charge in [0.1, 0.15) is 17.6 Å².